The standard InChI is InChI=1S/C15H11ClFNO3/c16-10-6-4-9(5-7-10)8-13(19)18-12-3-1-2-11(17)14(12)15(20)21/h1-7H,8H2,(H,18,19)(H,20,21). The van der Waals surface area contributed by atoms with E-state index in [9.17, 15) is 14.0 Å². The van der Waals surface area contributed by atoms with Crippen LogP contribution >= 0.6 is 11.6 Å². The molecule has 4 nitrogen and oxygen atoms in total. The maximum Gasteiger partial charge on any atom is 0.340 e. The number of nitrogens with one attached hydrogen (secondary N) is 1. The Labute approximate surface area is 125 Å². The fourth-order valence-electron chi connectivity index (χ4n) is 1.83. The summed E-state index contributed by atoms with van der Waals surface area (Å²) in [6, 6.07) is 10.4. The third-order valence-electron chi connectivity index (χ3n) is 2.78. The van der Waals surface area contributed by atoms with Gasteiger partial charge in [0.2, 0.25) is 5.91 Å². The molecule has 0 radical (unpaired) electrons. The van der Waals surface area contributed by atoms with E-state index in [0.29, 0.717) is 10.6 Å². The maximum absolute atomic E-state index is 13.5. The molecule has 0 heterocycles. The first kappa shape index (κ1) is 15.0. The zero-order chi connectivity index (χ0) is 15.4. The summed E-state index contributed by atoms with van der Waals surface area (Å²) in [7, 11) is 0. The van der Waals surface area contributed by atoms with Crippen LogP contribution in [-0.4, -0.2) is 17.0 Å². The fraction of sp³-hybridized carbons (Fsp3) is 0.0667. The van der Waals surface area contributed by atoms with Crippen LogP contribution in [0.2, 0.25) is 5.02 Å². The molecule has 0 atom stereocenters. The zero-order valence-corrected chi connectivity index (χ0v) is 11.5. The number of carbonyl (C=O) groups excluding carboxylic acids is 1. The Morgan fingerprint density at radius 3 is 2.43 bits per heavy atom. The van der Waals surface area contributed by atoms with E-state index in [1.165, 1.54) is 12.1 Å². The second-order valence-electron chi connectivity index (χ2n) is 4.32. The monoisotopic (exact) mass is 307 g/mol. The van der Waals surface area contributed by atoms with E-state index in [1.54, 1.807) is 24.3 Å². The summed E-state index contributed by atoms with van der Waals surface area (Å²) in [5, 5.41) is 11.9. The molecule has 0 saturated heterocycles. The third kappa shape index (κ3) is 3.79. The molecule has 2 rings (SSSR count). The number of carboxylic acid groups (broad SMARTS) is 1. The average molecular weight is 308 g/mol. The molecule has 0 saturated carbocycles. The lowest BCUT2D eigenvalue weighted by Gasteiger charge is -2.09. The van der Waals surface area contributed by atoms with E-state index in [0.717, 1.165) is 6.07 Å². The van der Waals surface area contributed by atoms with Gasteiger partial charge in [-0.25, -0.2) is 9.18 Å². The second-order valence-corrected chi connectivity index (χ2v) is 4.76. The van der Waals surface area contributed by atoms with Gasteiger partial charge in [0, 0.05) is 5.02 Å². The molecule has 108 valence electrons. The van der Waals surface area contributed by atoms with Crippen molar-refractivity contribution in [1.29, 1.82) is 0 Å². The topological polar surface area (TPSA) is 66.4 Å². The van der Waals surface area contributed by atoms with Crippen LogP contribution in [0.5, 0.6) is 0 Å². The van der Waals surface area contributed by atoms with Gasteiger partial charge in [-0.3, -0.25) is 4.79 Å². The smallest absolute Gasteiger partial charge is 0.340 e. The predicted molar refractivity (Wildman–Crippen MR) is 77.1 cm³/mol. The first-order valence-electron chi connectivity index (χ1n) is 6.03. The number of amides is 1. The highest BCUT2D eigenvalue weighted by atomic mass is 35.5. The van der Waals surface area contributed by atoms with Gasteiger partial charge in [-0.05, 0) is 29.8 Å². The van der Waals surface area contributed by atoms with Crippen molar-refractivity contribution in [2.24, 2.45) is 0 Å². The first-order valence-corrected chi connectivity index (χ1v) is 6.41. The number of hydrogen-bond acceptors (Lipinski definition) is 2. The first-order chi connectivity index (χ1) is 9.97. The van der Waals surface area contributed by atoms with Gasteiger partial charge < -0.3 is 10.4 Å². The summed E-state index contributed by atoms with van der Waals surface area (Å²) in [5.41, 5.74) is 0.0913. The lowest BCUT2D eigenvalue weighted by molar-refractivity contribution is -0.115. The predicted octanol–water partition coefficient (Wildman–Crippen LogP) is 3.36. The van der Waals surface area contributed by atoms with Gasteiger partial charge in [-0.2, -0.15) is 0 Å². The quantitative estimate of drug-likeness (QED) is 0.910. The molecule has 0 aliphatic carbocycles. The average Bonchev–Trinajstić information content (AvgIpc) is 2.41. The van der Waals surface area contributed by atoms with Crippen LogP contribution in [0.4, 0.5) is 10.1 Å². The van der Waals surface area contributed by atoms with Crippen molar-refractivity contribution < 1.29 is 19.1 Å². The summed E-state index contributed by atoms with van der Waals surface area (Å²) in [6.45, 7) is 0. The van der Waals surface area contributed by atoms with Gasteiger partial charge in [0.1, 0.15) is 11.4 Å². The molecule has 2 N–H and O–H groups in total. The molecule has 0 fully saturated rings. The molecule has 0 aliphatic rings. The highest BCUT2D eigenvalue weighted by Gasteiger charge is 2.17. The van der Waals surface area contributed by atoms with Gasteiger partial charge in [-0.15, -0.1) is 0 Å². The molecule has 0 unspecified atom stereocenters. The van der Waals surface area contributed by atoms with Gasteiger partial charge in [-0.1, -0.05) is 29.8 Å². The maximum atomic E-state index is 13.5. The molecule has 1 amide bonds. The van der Waals surface area contributed by atoms with Crippen LogP contribution in [-0.2, 0) is 11.2 Å². The number of carboxylic acids is 1. The fourth-order valence-corrected chi connectivity index (χ4v) is 1.95. The molecular formula is C15H11ClFNO3. The summed E-state index contributed by atoms with van der Waals surface area (Å²) in [6.07, 6.45) is 0.0345. The van der Waals surface area contributed by atoms with Crippen molar-refractivity contribution in [2.75, 3.05) is 5.32 Å². The molecule has 0 spiro atoms. The Balaban J connectivity index is 2.15. The Kier molecular flexibility index (Phi) is 4.55. The molecule has 0 bridgehead atoms. The normalized spacial score (nSPS) is 10.2. The number of rotatable bonds is 4. The number of aromatic carboxylic acids is 1. The zero-order valence-electron chi connectivity index (χ0n) is 10.8. The Morgan fingerprint density at radius 2 is 1.81 bits per heavy atom. The highest BCUT2D eigenvalue weighted by molar-refractivity contribution is 6.30. The lowest BCUT2D eigenvalue weighted by Crippen LogP contribution is -2.17. The van der Waals surface area contributed by atoms with E-state index in [4.69, 9.17) is 16.7 Å². The number of anilines is 1. The Morgan fingerprint density at radius 1 is 1.14 bits per heavy atom. The SMILES string of the molecule is O=C(Cc1ccc(Cl)cc1)Nc1cccc(F)c1C(=O)O. The summed E-state index contributed by atoms with van der Waals surface area (Å²) >= 11 is 5.74. The van der Waals surface area contributed by atoms with Gasteiger partial charge in [0.05, 0.1) is 12.1 Å². The van der Waals surface area contributed by atoms with Crippen molar-refractivity contribution in [3.63, 3.8) is 0 Å². The van der Waals surface area contributed by atoms with E-state index >= 15 is 0 Å². The van der Waals surface area contributed by atoms with Gasteiger partial charge in [0.15, 0.2) is 0 Å². The molecule has 0 aliphatic heterocycles. The number of halogens is 2. The van der Waals surface area contributed by atoms with Crippen molar-refractivity contribution >= 4 is 29.2 Å². The Bertz CT molecular complexity index is 686. The number of benzene rings is 2. The van der Waals surface area contributed by atoms with Crippen molar-refractivity contribution in [1.82, 2.24) is 0 Å². The van der Waals surface area contributed by atoms with Crippen LogP contribution in [0.15, 0.2) is 42.5 Å². The molecule has 0 aromatic heterocycles. The minimum absolute atomic E-state index is 0.0345. The van der Waals surface area contributed by atoms with Crippen LogP contribution in [0, 0.1) is 5.82 Å². The van der Waals surface area contributed by atoms with Crippen molar-refractivity contribution in [2.45, 2.75) is 6.42 Å². The molecule has 21 heavy (non-hydrogen) atoms. The Hall–Kier alpha value is -2.40. The highest BCUT2D eigenvalue weighted by Crippen LogP contribution is 2.19. The van der Waals surface area contributed by atoms with E-state index in [-0.39, 0.29) is 12.1 Å². The lowest BCUT2D eigenvalue weighted by atomic mass is 10.1. The van der Waals surface area contributed by atoms with Gasteiger partial charge in [0.25, 0.3) is 0 Å². The number of hydrogen-bond donors (Lipinski definition) is 2. The van der Waals surface area contributed by atoms with Crippen LogP contribution in [0.1, 0.15) is 15.9 Å². The number of carbonyl (C=O) groups is 2. The van der Waals surface area contributed by atoms with Crippen LogP contribution in [0.25, 0.3) is 0 Å². The molecule has 2 aromatic carbocycles. The third-order valence-corrected chi connectivity index (χ3v) is 3.03. The van der Waals surface area contributed by atoms with Crippen LogP contribution < -0.4 is 5.32 Å². The van der Waals surface area contributed by atoms with E-state index < -0.39 is 23.3 Å². The van der Waals surface area contributed by atoms with Crippen molar-refractivity contribution in [3.05, 3.63) is 64.4 Å². The molecular weight excluding hydrogens is 297 g/mol. The van der Waals surface area contributed by atoms with Crippen molar-refractivity contribution in [3.8, 4) is 0 Å². The van der Waals surface area contributed by atoms with E-state index in [1.807, 2.05) is 0 Å². The van der Waals surface area contributed by atoms with E-state index in [2.05, 4.69) is 5.32 Å². The van der Waals surface area contributed by atoms with Crippen LogP contribution in [0.3, 0.4) is 0 Å². The minimum atomic E-state index is -1.44. The summed E-state index contributed by atoms with van der Waals surface area (Å²) in [4.78, 5) is 22.9. The molecule has 6 heteroatoms. The summed E-state index contributed by atoms with van der Waals surface area (Å²) < 4.78 is 13.5. The molecule has 2 aromatic rings. The largest absolute Gasteiger partial charge is 0.478 e. The van der Waals surface area contributed by atoms with Gasteiger partial charge >= 0.3 is 5.97 Å². The second kappa shape index (κ2) is 6.37. The summed E-state index contributed by atoms with van der Waals surface area (Å²) in [5.74, 6) is -2.77. The minimum Gasteiger partial charge on any atom is -0.478 e.